The third-order valence-electron chi connectivity index (χ3n) is 3.43. The maximum Gasteiger partial charge on any atom is 0.120 e. The third kappa shape index (κ3) is 3.75. The fraction of sp³-hybridized carbons (Fsp3) is 0.588. The van der Waals surface area contributed by atoms with Gasteiger partial charge in [0.2, 0.25) is 0 Å². The van der Waals surface area contributed by atoms with Gasteiger partial charge < -0.3 is 4.79 Å². The molecule has 0 saturated carbocycles. The van der Waals surface area contributed by atoms with Crippen molar-refractivity contribution in [2.75, 3.05) is 0 Å². The SMILES string of the molecule is CC(C)(C)c1cc(CCC=O)cc(C(C)(C)C)c1N=O. The first kappa shape index (κ1) is 16.5. The summed E-state index contributed by atoms with van der Waals surface area (Å²) in [5, 5.41) is 3.31. The fourth-order valence-corrected chi connectivity index (χ4v) is 2.31. The highest BCUT2D eigenvalue weighted by Gasteiger charge is 2.27. The van der Waals surface area contributed by atoms with Crippen LogP contribution < -0.4 is 0 Å². The van der Waals surface area contributed by atoms with Crippen LogP contribution in [0, 0.1) is 4.91 Å². The first-order valence-electron chi connectivity index (χ1n) is 7.06. The summed E-state index contributed by atoms with van der Waals surface area (Å²) in [5.74, 6) is 0. The molecular formula is C17H25NO2. The smallest absolute Gasteiger partial charge is 0.120 e. The van der Waals surface area contributed by atoms with Gasteiger partial charge in [-0.05, 0) is 39.1 Å². The minimum Gasteiger partial charge on any atom is -0.303 e. The Bertz CT molecular complexity index is 470. The number of nitrogens with zero attached hydrogens (tertiary/aromatic N) is 1. The number of rotatable bonds is 4. The van der Waals surface area contributed by atoms with Gasteiger partial charge >= 0.3 is 0 Å². The van der Waals surface area contributed by atoms with Crippen molar-refractivity contribution in [2.24, 2.45) is 5.18 Å². The largest absolute Gasteiger partial charge is 0.303 e. The quantitative estimate of drug-likeness (QED) is 0.584. The van der Waals surface area contributed by atoms with Crippen molar-refractivity contribution in [2.45, 2.75) is 65.2 Å². The number of aldehydes is 1. The zero-order valence-corrected chi connectivity index (χ0v) is 13.4. The number of hydrogen-bond donors (Lipinski definition) is 0. The van der Waals surface area contributed by atoms with E-state index in [1.165, 1.54) is 0 Å². The Morgan fingerprint density at radius 2 is 1.45 bits per heavy atom. The molecule has 0 heterocycles. The van der Waals surface area contributed by atoms with Crippen LogP contribution in [0.1, 0.15) is 64.7 Å². The standard InChI is InChI=1S/C17H25NO2/c1-16(2,3)13-10-12(8-7-9-19)11-14(15(13)18-20)17(4,5)6/h9-11H,7-8H2,1-6H3. The molecule has 0 radical (unpaired) electrons. The van der Waals surface area contributed by atoms with Crippen molar-refractivity contribution in [1.29, 1.82) is 0 Å². The van der Waals surface area contributed by atoms with E-state index in [-0.39, 0.29) is 10.8 Å². The summed E-state index contributed by atoms with van der Waals surface area (Å²) in [7, 11) is 0. The van der Waals surface area contributed by atoms with Crippen molar-refractivity contribution < 1.29 is 4.79 Å². The van der Waals surface area contributed by atoms with Crippen LogP contribution >= 0.6 is 0 Å². The van der Waals surface area contributed by atoms with Gasteiger partial charge in [-0.2, -0.15) is 0 Å². The minimum atomic E-state index is -0.152. The maximum atomic E-state index is 11.4. The predicted molar refractivity (Wildman–Crippen MR) is 83.7 cm³/mol. The minimum absolute atomic E-state index is 0.152. The summed E-state index contributed by atoms with van der Waals surface area (Å²) >= 11 is 0. The van der Waals surface area contributed by atoms with Crippen LogP contribution in [0.5, 0.6) is 0 Å². The van der Waals surface area contributed by atoms with Crippen LogP contribution in [-0.2, 0) is 22.0 Å². The van der Waals surface area contributed by atoms with E-state index in [0.29, 0.717) is 18.5 Å². The Hall–Kier alpha value is -1.51. The summed E-state index contributed by atoms with van der Waals surface area (Å²) < 4.78 is 0. The van der Waals surface area contributed by atoms with Gasteiger partial charge in [0.1, 0.15) is 12.0 Å². The maximum absolute atomic E-state index is 11.4. The lowest BCUT2D eigenvalue weighted by atomic mass is 9.77. The highest BCUT2D eigenvalue weighted by Crippen LogP contribution is 2.40. The summed E-state index contributed by atoms with van der Waals surface area (Å²) in [5.41, 5.74) is 3.27. The molecule has 0 spiro atoms. The van der Waals surface area contributed by atoms with E-state index in [0.717, 1.165) is 23.0 Å². The van der Waals surface area contributed by atoms with E-state index in [2.05, 4.69) is 46.7 Å². The molecule has 1 aromatic carbocycles. The summed E-state index contributed by atoms with van der Waals surface area (Å²) in [6.45, 7) is 12.5. The van der Waals surface area contributed by atoms with E-state index in [1.54, 1.807) is 0 Å². The Morgan fingerprint density at radius 1 is 1.00 bits per heavy atom. The van der Waals surface area contributed by atoms with Crippen LogP contribution in [0.4, 0.5) is 5.69 Å². The van der Waals surface area contributed by atoms with E-state index in [4.69, 9.17) is 0 Å². The van der Waals surface area contributed by atoms with Gasteiger partial charge in [0.25, 0.3) is 0 Å². The van der Waals surface area contributed by atoms with Gasteiger partial charge in [-0.3, -0.25) is 0 Å². The molecule has 0 amide bonds. The van der Waals surface area contributed by atoms with Gasteiger partial charge in [0.15, 0.2) is 0 Å². The highest BCUT2D eigenvalue weighted by atomic mass is 16.3. The van der Waals surface area contributed by atoms with Crippen molar-refractivity contribution in [3.05, 3.63) is 33.7 Å². The highest BCUT2D eigenvalue weighted by molar-refractivity contribution is 5.60. The zero-order valence-electron chi connectivity index (χ0n) is 13.4. The van der Waals surface area contributed by atoms with Gasteiger partial charge in [-0.25, -0.2) is 0 Å². The van der Waals surface area contributed by atoms with Gasteiger partial charge in [-0.1, -0.05) is 53.7 Å². The van der Waals surface area contributed by atoms with Crippen LogP contribution in [-0.4, -0.2) is 6.29 Å². The Kier molecular flexibility index (Phi) is 4.85. The molecule has 0 bridgehead atoms. The van der Waals surface area contributed by atoms with Crippen LogP contribution in [0.3, 0.4) is 0 Å². The number of carbonyl (C=O) groups is 1. The molecule has 0 aliphatic heterocycles. The molecule has 1 rings (SSSR count). The third-order valence-corrected chi connectivity index (χ3v) is 3.43. The molecule has 0 saturated heterocycles. The van der Waals surface area contributed by atoms with Gasteiger partial charge in [0.05, 0.1) is 0 Å². The number of nitroso groups, excluding NO2 is 1. The molecule has 0 aromatic heterocycles. The average Bonchev–Trinajstić information content (AvgIpc) is 2.32. The summed E-state index contributed by atoms with van der Waals surface area (Å²) in [6.07, 6.45) is 2.13. The Morgan fingerprint density at radius 3 is 1.75 bits per heavy atom. The van der Waals surface area contributed by atoms with Crippen LogP contribution in [0.25, 0.3) is 0 Å². The van der Waals surface area contributed by atoms with Crippen LogP contribution in [0.15, 0.2) is 17.3 Å². The van der Waals surface area contributed by atoms with Crippen LogP contribution in [0.2, 0.25) is 0 Å². The summed E-state index contributed by atoms with van der Waals surface area (Å²) in [4.78, 5) is 22.0. The lowest BCUT2D eigenvalue weighted by molar-refractivity contribution is -0.107. The van der Waals surface area contributed by atoms with Crippen molar-refractivity contribution in [3.8, 4) is 0 Å². The second kappa shape index (κ2) is 5.86. The van der Waals surface area contributed by atoms with Crippen molar-refractivity contribution >= 4 is 12.0 Å². The number of carbonyl (C=O) groups excluding carboxylic acids is 1. The number of benzene rings is 1. The molecule has 3 nitrogen and oxygen atoms in total. The molecule has 0 N–H and O–H groups in total. The molecule has 0 aliphatic carbocycles. The summed E-state index contributed by atoms with van der Waals surface area (Å²) in [6, 6.07) is 4.05. The molecule has 0 fully saturated rings. The second-order valence-corrected chi connectivity index (χ2v) is 7.34. The monoisotopic (exact) mass is 275 g/mol. The Balaban J connectivity index is 3.56. The number of aryl methyl sites for hydroxylation is 1. The molecule has 0 aliphatic rings. The number of hydrogen-bond acceptors (Lipinski definition) is 3. The van der Waals surface area contributed by atoms with E-state index in [1.807, 2.05) is 12.1 Å². The lowest BCUT2D eigenvalue weighted by Crippen LogP contribution is -2.18. The first-order valence-corrected chi connectivity index (χ1v) is 7.06. The van der Waals surface area contributed by atoms with Gasteiger partial charge in [-0.15, -0.1) is 4.91 Å². The first-order chi connectivity index (χ1) is 9.11. The average molecular weight is 275 g/mol. The topological polar surface area (TPSA) is 46.5 Å². The van der Waals surface area contributed by atoms with Gasteiger partial charge in [0, 0.05) is 6.42 Å². The van der Waals surface area contributed by atoms with E-state index >= 15 is 0 Å². The Labute approximate surface area is 121 Å². The molecular weight excluding hydrogens is 250 g/mol. The predicted octanol–water partition coefficient (Wildman–Crippen LogP) is 4.81. The van der Waals surface area contributed by atoms with E-state index < -0.39 is 0 Å². The normalized spacial score (nSPS) is 12.3. The molecule has 0 atom stereocenters. The molecule has 3 heteroatoms. The molecule has 1 aromatic rings. The zero-order chi connectivity index (χ0) is 15.6. The molecule has 0 unspecified atom stereocenters. The molecule has 20 heavy (non-hydrogen) atoms. The van der Waals surface area contributed by atoms with E-state index in [9.17, 15) is 9.70 Å². The van der Waals surface area contributed by atoms with Crippen molar-refractivity contribution in [1.82, 2.24) is 0 Å². The second-order valence-electron chi connectivity index (χ2n) is 7.34. The lowest BCUT2D eigenvalue weighted by Gasteiger charge is -2.28. The fourth-order valence-electron chi connectivity index (χ4n) is 2.31. The molecule has 110 valence electrons. The van der Waals surface area contributed by atoms with Crippen molar-refractivity contribution in [3.63, 3.8) is 0 Å².